The molecular weight excluding hydrogens is 336 g/mol. The zero-order valence-electron chi connectivity index (χ0n) is 14.8. The van der Waals surface area contributed by atoms with E-state index in [4.69, 9.17) is 9.29 Å². The summed E-state index contributed by atoms with van der Waals surface area (Å²) >= 11 is 0. The van der Waals surface area contributed by atoms with E-state index < -0.39 is 15.4 Å². The van der Waals surface area contributed by atoms with Gasteiger partial charge in [0.2, 0.25) is 0 Å². The highest BCUT2D eigenvalue weighted by Crippen LogP contribution is 2.24. The van der Waals surface area contributed by atoms with E-state index in [1.807, 2.05) is 36.4 Å². The van der Waals surface area contributed by atoms with Crippen LogP contribution in [0, 0.1) is 0 Å². The van der Waals surface area contributed by atoms with E-state index in [0.29, 0.717) is 12.8 Å². The van der Waals surface area contributed by atoms with Crippen molar-refractivity contribution in [1.29, 1.82) is 0 Å². The third-order valence-corrected chi connectivity index (χ3v) is 5.43. The third kappa shape index (κ3) is 6.52. The van der Waals surface area contributed by atoms with Gasteiger partial charge in [-0.3, -0.25) is 4.55 Å². The van der Waals surface area contributed by atoms with Gasteiger partial charge >= 0.3 is 0 Å². The van der Waals surface area contributed by atoms with Crippen molar-refractivity contribution >= 4 is 10.1 Å². The molecule has 0 aliphatic heterocycles. The minimum Gasteiger partial charge on any atom is -0.457 e. The van der Waals surface area contributed by atoms with Crippen LogP contribution in [0.1, 0.15) is 44.2 Å². The van der Waals surface area contributed by atoms with Gasteiger partial charge in [-0.15, -0.1) is 0 Å². The lowest BCUT2D eigenvalue weighted by molar-refractivity contribution is 0.463. The molecule has 0 radical (unpaired) electrons. The monoisotopic (exact) mass is 362 g/mol. The molecule has 4 nitrogen and oxygen atoms in total. The van der Waals surface area contributed by atoms with Crippen LogP contribution in [0.2, 0.25) is 0 Å². The molecule has 5 heteroatoms. The maximum atomic E-state index is 11.0. The van der Waals surface area contributed by atoms with Crippen molar-refractivity contribution in [3.05, 3.63) is 59.7 Å². The van der Waals surface area contributed by atoms with Gasteiger partial charge in [-0.1, -0.05) is 37.6 Å². The zero-order valence-corrected chi connectivity index (χ0v) is 15.6. The lowest BCUT2D eigenvalue weighted by Crippen LogP contribution is -2.16. The Bertz CT molecular complexity index is 767. The molecule has 136 valence electrons. The quantitative estimate of drug-likeness (QED) is 0.635. The van der Waals surface area contributed by atoms with E-state index in [-0.39, 0.29) is 0 Å². The summed E-state index contributed by atoms with van der Waals surface area (Å²) in [6, 6.07) is 15.9. The molecule has 0 spiro atoms. The van der Waals surface area contributed by atoms with Gasteiger partial charge in [0, 0.05) is 0 Å². The third-order valence-electron chi connectivity index (χ3n) is 4.18. The van der Waals surface area contributed by atoms with Crippen LogP contribution in [-0.4, -0.2) is 18.2 Å². The Kier molecular flexibility index (Phi) is 7.02. The van der Waals surface area contributed by atoms with Crippen molar-refractivity contribution in [1.82, 2.24) is 0 Å². The number of aryl methyl sites for hydroxylation is 2. The highest BCUT2D eigenvalue weighted by molar-refractivity contribution is 7.86. The van der Waals surface area contributed by atoms with Gasteiger partial charge in [-0.25, -0.2) is 0 Å². The summed E-state index contributed by atoms with van der Waals surface area (Å²) in [6.07, 6.45) is 4.06. The summed E-state index contributed by atoms with van der Waals surface area (Å²) in [5, 5.41) is -0.728. The molecule has 1 atom stereocenters. The van der Waals surface area contributed by atoms with Crippen molar-refractivity contribution in [2.75, 3.05) is 0 Å². The lowest BCUT2D eigenvalue weighted by atomic mass is 10.1. The molecule has 0 amide bonds. The molecule has 0 saturated heterocycles. The minimum absolute atomic E-state index is 0.433. The van der Waals surface area contributed by atoms with Crippen molar-refractivity contribution < 1.29 is 17.7 Å². The van der Waals surface area contributed by atoms with Gasteiger partial charge in [-0.05, 0) is 68.0 Å². The predicted molar refractivity (Wildman–Crippen MR) is 101 cm³/mol. The molecule has 0 aliphatic carbocycles. The Morgan fingerprint density at radius 1 is 1.00 bits per heavy atom. The summed E-state index contributed by atoms with van der Waals surface area (Å²) in [4.78, 5) is 0. The average molecular weight is 362 g/mol. The highest BCUT2D eigenvalue weighted by atomic mass is 32.2. The van der Waals surface area contributed by atoms with Crippen LogP contribution < -0.4 is 4.74 Å². The SMILES string of the molecule is CCCc1ccc(Oc2cccc(CCCC(C)S(=O)(=O)O)c2)cc1. The molecular formula is C20H26O4S. The number of benzene rings is 2. The summed E-state index contributed by atoms with van der Waals surface area (Å²) in [7, 11) is -3.94. The van der Waals surface area contributed by atoms with Crippen molar-refractivity contribution in [2.45, 2.75) is 51.2 Å². The van der Waals surface area contributed by atoms with E-state index >= 15 is 0 Å². The molecule has 0 aromatic heterocycles. The van der Waals surface area contributed by atoms with E-state index in [0.717, 1.165) is 36.3 Å². The first-order chi connectivity index (χ1) is 11.9. The number of ether oxygens (including phenoxy) is 1. The number of hydrogen-bond acceptors (Lipinski definition) is 3. The van der Waals surface area contributed by atoms with E-state index in [1.165, 1.54) is 12.5 Å². The number of hydrogen-bond donors (Lipinski definition) is 1. The molecule has 1 N–H and O–H groups in total. The lowest BCUT2D eigenvalue weighted by Gasteiger charge is -2.10. The van der Waals surface area contributed by atoms with E-state index in [9.17, 15) is 8.42 Å². The van der Waals surface area contributed by atoms with Crippen LogP contribution in [-0.2, 0) is 23.0 Å². The first-order valence-corrected chi connectivity index (χ1v) is 10.2. The Morgan fingerprint density at radius 3 is 2.36 bits per heavy atom. The molecule has 25 heavy (non-hydrogen) atoms. The second-order valence-electron chi connectivity index (χ2n) is 6.36. The maximum Gasteiger partial charge on any atom is 0.267 e. The standard InChI is InChI=1S/C20H26O4S/c1-3-6-17-11-13-19(14-12-17)24-20-10-5-9-18(15-20)8-4-7-16(2)25(21,22)23/h5,9-16H,3-4,6-8H2,1-2H3,(H,21,22,23). The summed E-state index contributed by atoms with van der Waals surface area (Å²) in [5.41, 5.74) is 2.39. The molecule has 0 saturated carbocycles. The van der Waals surface area contributed by atoms with Gasteiger partial charge in [0.25, 0.3) is 10.1 Å². The molecule has 0 heterocycles. The topological polar surface area (TPSA) is 63.6 Å². The van der Waals surface area contributed by atoms with Gasteiger partial charge < -0.3 is 4.74 Å². The van der Waals surface area contributed by atoms with Crippen LogP contribution in [0.15, 0.2) is 48.5 Å². The van der Waals surface area contributed by atoms with Crippen LogP contribution in [0.5, 0.6) is 11.5 Å². The fraction of sp³-hybridized carbons (Fsp3) is 0.400. The molecule has 0 bridgehead atoms. The Morgan fingerprint density at radius 2 is 1.72 bits per heavy atom. The Hall–Kier alpha value is -1.85. The van der Waals surface area contributed by atoms with Gasteiger partial charge in [-0.2, -0.15) is 8.42 Å². The molecule has 2 rings (SSSR count). The Balaban J connectivity index is 1.92. The minimum atomic E-state index is -3.94. The van der Waals surface area contributed by atoms with Gasteiger partial charge in [0.05, 0.1) is 5.25 Å². The van der Waals surface area contributed by atoms with E-state index in [1.54, 1.807) is 0 Å². The fourth-order valence-electron chi connectivity index (χ4n) is 2.66. The van der Waals surface area contributed by atoms with Crippen LogP contribution in [0.3, 0.4) is 0 Å². The van der Waals surface area contributed by atoms with Crippen LogP contribution in [0.4, 0.5) is 0 Å². The van der Waals surface area contributed by atoms with Crippen molar-refractivity contribution in [3.63, 3.8) is 0 Å². The molecule has 2 aromatic carbocycles. The maximum absolute atomic E-state index is 11.0. The number of rotatable bonds is 9. The van der Waals surface area contributed by atoms with Gasteiger partial charge in [0.1, 0.15) is 11.5 Å². The summed E-state index contributed by atoms with van der Waals surface area (Å²) in [6.45, 7) is 3.68. The molecule has 0 aliphatic rings. The second kappa shape index (κ2) is 9.02. The molecule has 2 aromatic rings. The normalized spacial score (nSPS) is 12.8. The summed E-state index contributed by atoms with van der Waals surface area (Å²) in [5.74, 6) is 1.57. The highest BCUT2D eigenvalue weighted by Gasteiger charge is 2.16. The first kappa shape index (κ1) is 19.5. The van der Waals surface area contributed by atoms with Crippen LogP contribution >= 0.6 is 0 Å². The predicted octanol–water partition coefficient (Wildman–Crippen LogP) is 5.03. The average Bonchev–Trinajstić information content (AvgIpc) is 2.56. The molecule has 0 fully saturated rings. The summed E-state index contributed by atoms with van der Waals surface area (Å²) < 4.78 is 37.0. The Labute approximate surface area is 150 Å². The van der Waals surface area contributed by atoms with E-state index in [2.05, 4.69) is 19.1 Å². The van der Waals surface area contributed by atoms with Gasteiger partial charge in [0.15, 0.2) is 0 Å². The zero-order chi connectivity index (χ0) is 18.3. The smallest absolute Gasteiger partial charge is 0.267 e. The second-order valence-corrected chi connectivity index (χ2v) is 8.20. The fourth-order valence-corrected chi connectivity index (χ4v) is 3.12. The van der Waals surface area contributed by atoms with Crippen molar-refractivity contribution in [2.24, 2.45) is 0 Å². The van der Waals surface area contributed by atoms with Crippen molar-refractivity contribution in [3.8, 4) is 11.5 Å². The largest absolute Gasteiger partial charge is 0.457 e. The molecule has 1 unspecified atom stereocenters. The first-order valence-electron chi connectivity index (χ1n) is 8.70. The van der Waals surface area contributed by atoms with Crippen LogP contribution in [0.25, 0.3) is 0 Å².